The van der Waals surface area contributed by atoms with Crippen molar-refractivity contribution in [2.75, 3.05) is 11.9 Å². The fourth-order valence-electron chi connectivity index (χ4n) is 1.24. The first-order chi connectivity index (χ1) is 8.85. The largest absolute Gasteiger partial charge is 0.480 e. The van der Waals surface area contributed by atoms with E-state index in [4.69, 9.17) is 33.4 Å². The molecule has 0 saturated carbocycles. The van der Waals surface area contributed by atoms with Crippen LogP contribution >= 0.6 is 23.2 Å². The van der Waals surface area contributed by atoms with Gasteiger partial charge in [0.2, 0.25) is 0 Å². The number of carbonyl (C=O) groups is 2. The molecule has 1 aromatic rings. The molecule has 0 aliphatic rings. The van der Waals surface area contributed by atoms with Gasteiger partial charge in [-0.2, -0.15) is 0 Å². The van der Waals surface area contributed by atoms with E-state index < -0.39 is 24.6 Å². The van der Waals surface area contributed by atoms with Crippen LogP contribution in [0.5, 0.6) is 0 Å². The van der Waals surface area contributed by atoms with Gasteiger partial charge >= 0.3 is 12.0 Å². The smallest absolute Gasteiger partial charge is 0.328 e. The highest BCUT2D eigenvalue weighted by molar-refractivity contribution is 6.36. The molecule has 0 bridgehead atoms. The molecular weight excluding hydrogens is 295 g/mol. The van der Waals surface area contributed by atoms with Gasteiger partial charge in [-0.25, -0.2) is 9.59 Å². The van der Waals surface area contributed by atoms with Crippen molar-refractivity contribution in [3.05, 3.63) is 27.7 Å². The summed E-state index contributed by atoms with van der Waals surface area (Å²) in [6.07, 6.45) is 0. The van der Waals surface area contributed by atoms with Crippen molar-refractivity contribution in [2.45, 2.75) is 13.0 Å². The quantitative estimate of drug-likeness (QED) is 0.682. The Bertz CT molecular complexity index is 508. The van der Waals surface area contributed by atoms with Gasteiger partial charge in [-0.15, -0.1) is 0 Å². The number of anilines is 1. The minimum atomic E-state index is -1.39. The molecular formula is C11H12Cl2N2O4. The second-order valence-corrected chi connectivity index (χ2v) is 4.57. The zero-order chi connectivity index (χ0) is 14.6. The van der Waals surface area contributed by atoms with E-state index in [9.17, 15) is 9.59 Å². The number of aliphatic hydroxyl groups excluding tert-OH is 1. The average Bonchev–Trinajstić information content (AvgIpc) is 2.32. The van der Waals surface area contributed by atoms with Crippen molar-refractivity contribution in [3.63, 3.8) is 0 Å². The van der Waals surface area contributed by atoms with Crippen molar-refractivity contribution in [1.29, 1.82) is 0 Å². The van der Waals surface area contributed by atoms with Crippen molar-refractivity contribution in [3.8, 4) is 0 Å². The first-order valence-electron chi connectivity index (χ1n) is 5.22. The van der Waals surface area contributed by atoms with Crippen LogP contribution in [0, 0.1) is 6.92 Å². The van der Waals surface area contributed by atoms with Gasteiger partial charge in [-0.3, -0.25) is 0 Å². The molecule has 1 aromatic carbocycles. The number of rotatable bonds is 4. The molecule has 0 saturated heterocycles. The summed E-state index contributed by atoms with van der Waals surface area (Å²) in [7, 11) is 0. The Balaban J connectivity index is 2.77. The van der Waals surface area contributed by atoms with E-state index >= 15 is 0 Å². The van der Waals surface area contributed by atoms with Crippen LogP contribution in [0.4, 0.5) is 10.5 Å². The highest BCUT2D eigenvalue weighted by atomic mass is 35.5. The molecule has 2 amide bonds. The van der Waals surface area contributed by atoms with E-state index in [-0.39, 0.29) is 10.7 Å². The molecule has 0 aliphatic heterocycles. The van der Waals surface area contributed by atoms with E-state index in [2.05, 4.69) is 10.6 Å². The van der Waals surface area contributed by atoms with Gasteiger partial charge in [0, 0.05) is 5.02 Å². The highest BCUT2D eigenvalue weighted by Crippen LogP contribution is 2.28. The number of hydrogen-bond donors (Lipinski definition) is 4. The molecule has 104 valence electrons. The molecule has 0 fully saturated rings. The number of halogens is 2. The summed E-state index contributed by atoms with van der Waals surface area (Å²) in [5, 5.41) is 22.6. The molecule has 0 aliphatic carbocycles. The van der Waals surface area contributed by atoms with E-state index in [1.54, 1.807) is 13.0 Å². The molecule has 0 heterocycles. The molecule has 4 N–H and O–H groups in total. The maximum atomic E-state index is 11.5. The minimum absolute atomic E-state index is 0.247. The third-order valence-corrected chi connectivity index (χ3v) is 3.00. The summed E-state index contributed by atoms with van der Waals surface area (Å²) >= 11 is 11.8. The minimum Gasteiger partial charge on any atom is -0.480 e. The molecule has 19 heavy (non-hydrogen) atoms. The first-order valence-corrected chi connectivity index (χ1v) is 5.97. The molecule has 8 heteroatoms. The standard InChI is InChI=1S/C11H12Cl2N2O4/c1-5-2-7(13)8(3-6(5)12)14-11(19)15-9(4-16)10(17)18/h2-3,9,16H,4H2,1H3,(H,17,18)(H2,14,15,19)/t9-/m1/s1. The number of aliphatic carboxylic acids is 1. The van der Waals surface area contributed by atoms with Crippen LogP contribution in [0.3, 0.4) is 0 Å². The third kappa shape index (κ3) is 4.27. The number of carboxylic acids is 1. The summed E-state index contributed by atoms with van der Waals surface area (Å²) in [5.41, 5.74) is 0.994. The lowest BCUT2D eigenvalue weighted by Crippen LogP contribution is -2.45. The number of aliphatic hydroxyl groups is 1. The summed E-state index contributed by atoms with van der Waals surface area (Å²) < 4.78 is 0. The van der Waals surface area contributed by atoms with Gasteiger partial charge in [-0.1, -0.05) is 23.2 Å². The lowest BCUT2D eigenvalue weighted by Gasteiger charge is -2.14. The van der Waals surface area contributed by atoms with Crippen molar-refractivity contribution >= 4 is 40.9 Å². The van der Waals surface area contributed by atoms with Crippen LogP contribution in [0.1, 0.15) is 5.56 Å². The number of aryl methyl sites for hydroxylation is 1. The Labute approximate surface area is 119 Å². The summed E-state index contributed by atoms with van der Waals surface area (Å²) in [6, 6.07) is 0.830. The molecule has 0 aromatic heterocycles. The monoisotopic (exact) mass is 306 g/mol. The van der Waals surface area contributed by atoms with Gasteiger partial charge < -0.3 is 20.8 Å². The van der Waals surface area contributed by atoms with Gasteiger partial charge in [0.05, 0.1) is 17.3 Å². The molecule has 0 unspecified atom stereocenters. The first kappa shape index (κ1) is 15.6. The summed E-state index contributed by atoms with van der Waals surface area (Å²) in [5.74, 6) is -1.34. The van der Waals surface area contributed by atoms with Crippen LogP contribution in [0.2, 0.25) is 10.0 Å². The topological polar surface area (TPSA) is 98.7 Å². The lowest BCUT2D eigenvalue weighted by molar-refractivity contribution is -0.140. The van der Waals surface area contributed by atoms with Crippen molar-refractivity contribution < 1.29 is 19.8 Å². The predicted molar refractivity (Wildman–Crippen MR) is 71.9 cm³/mol. The number of amides is 2. The van der Waals surface area contributed by atoms with Gasteiger partial charge in [-0.05, 0) is 24.6 Å². The van der Waals surface area contributed by atoms with E-state index in [1.807, 2.05) is 0 Å². The highest BCUT2D eigenvalue weighted by Gasteiger charge is 2.19. The number of hydrogen-bond acceptors (Lipinski definition) is 3. The van der Waals surface area contributed by atoms with Crippen LogP contribution in [0.15, 0.2) is 12.1 Å². The Morgan fingerprint density at radius 2 is 1.95 bits per heavy atom. The Kier molecular flexibility index (Phi) is 5.41. The van der Waals surface area contributed by atoms with Crippen LogP contribution < -0.4 is 10.6 Å². The Morgan fingerprint density at radius 3 is 2.47 bits per heavy atom. The maximum Gasteiger partial charge on any atom is 0.328 e. The number of benzene rings is 1. The summed E-state index contributed by atoms with van der Waals surface area (Å²) in [4.78, 5) is 22.2. The van der Waals surface area contributed by atoms with Gasteiger partial charge in [0.15, 0.2) is 6.04 Å². The van der Waals surface area contributed by atoms with Crippen molar-refractivity contribution in [2.24, 2.45) is 0 Å². The average molecular weight is 307 g/mol. The molecule has 0 spiro atoms. The van der Waals surface area contributed by atoms with Crippen molar-refractivity contribution in [1.82, 2.24) is 5.32 Å². The van der Waals surface area contributed by atoms with Crippen LogP contribution in [0.25, 0.3) is 0 Å². The third-order valence-electron chi connectivity index (χ3n) is 2.28. The zero-order valence-electron chi connectivity index (χ0n) is 9.91. The summed E-state index contributed by atoms with van der Waals surface area (Å²) in [6.45, 7) is 1.04. The van der Waals surface area contributed by atoms with E-state index in [1.165, 1.54) is 6.07 Å². The number of carboxylic acid groups (broad SMARTS) is 1. The molecule has 0 radical (unpaired) electrons. The normalized spacial score (nSPS) is 11.8. The predicted octanol–water partition coefficient (Wildman–Crippen LogP) is 1.87. The van der Waals surface area contributed by atoms with Gasteiger partial charge in [0.25, 0.3) is 0 Å². The van der Waals surface area contributed by atoms with Crippen LogP contribution in [-0.2, 0) is 4.79 Å². The Hall–Kier alpha value is -1.50. The molecule has 1 atom stereocenters. The number of carbonyl (C=O) groups excluding carboxylic acids is 1. The van der Waals surface area contributed by atoms with Crippen LogP contribution in [-0.4, -0.2) is 34.9 Å². The molecule has 6 nitrogen and oxygen atoms in total. The Morgan fingerprint density at radius 1 is 1.32 bits per heavy atom. The van der Waals surface area contributed by atoms with E-state index in [0.29, 0.717) is 5.02 Å². The second-order valence-electron chi connectivity index (χ2n) is 3.75. The maximum absolute atomic E-state index is 11.5. The fraction of sp³-hybridized carbons (Fsp3) is 0.273. The second kappa shape index (κ2) is 6.60. The van der Waals surface area contributed by atoms with Gasteiger partial charge in [0.1, 0.15) is 0 Å². The molecule has 1 rings (SSSR count). The fourth-order valence-corrected chi connectivity index (χ4v) is 1.67. The lowest BCUT2D eigenvalue weighted by atomic mass is 10.2. The zero-order valence-corrected chi connectivity index (χ0v) is 11.4. The number of nitrogens with one attached hydrogen (secondary N) is 2. The van der Waals surface area contributed by atoms with E-state index in [0.717, 1.165) is 5.56 Å². The SMILES string of the molecule is Cc1cc(Cl)c(NC(=O)N[C@H](CO)C(=O)O)cc1Cl. The number of urea groups is 1.